The minimum atomic E-state index is -2.84. The smallest absolute Gasteiger partial charge is 0.314 e. The summed E-state index contributed by atoms with van der Waals surface area (Å²) < 4.78 is 30.5. The predicted octanol–water partition coefficient (Wildman–Crippen LogP) is 4.25. The lowest BCUT2D eigenvalue weighted by Crippen LogP contribution is -2.53. The van der Waals surface area contributed by atoms with Gasteiger partial charge in [-0.25, -0.2) is 0 Å². The summed E-state index contributed by atoms with van der Waals surface area (Å²) in [5.41, 5.74) is 1.81. The highest BCUT2D eigenvalue weighted by Crippen LogP contribution is 2.34. The number of carbonyl (C=O) groups is 2. The van der Waals surface area contributed by atoms with Crippen molar-refractivity contribution >= 4 is 11.8 Å². The molecule has 1 aliphatic heterocycles. The second kappa shape index (κ2) is 9.11. The molecule has 31 heavy (non-hydrogen) atoms. The molecule has 1 fully saturated rings. The number of rotatable bonds is 7. The largest absolute Gasteiger partial charge is 0.415 e. The van der Waals surface area contributed by atoms with Crippen LogP contribution in [-0.2, 0) is 11.3 Å². The molecule has 1 N–H and O–H groups in total. The Morgan fingerprint density at radius 3 is 2.84 bits per heavy atom. The van der Waals surface area contributed by atoms with Crippen LogP contribution in [0.15, 0.2) is 22.6 Å². The lowest BCUT2D eigenvalue weighted by molar-refractivity contribution is -0.122. The fraction of sp³-hybridized carbons (Fsp3) is 0.545. The molecule has 9 heteroatoms. The fourth-order valence-electron chi connectivity index (χ4n) is 4.43. The van der Waals surface area contributed by atoms with Gasteiger partial charge in [0.05, 0.1) is 6.04 Å². The molecule has 2 heterocycles. The molecular formula is C22H26F2N4O3. The number of halogens is 2. The van der Waals surface area contributed by atoms with Gasteiger partial charge >= 0.3 is 6.43 Å². The third kappa shape index (κ3) is 4.45. The number of fused-ring (bicyclic) bond motifs is 1. The van der Waals surface area contributed by atoms with E-state index in [1.165, 1.54) is 0 Å². The summed E-state index contributed by atoms with van der Waals surface area (Å²) in [6.07, 6.45) is 3.20. The average Bonchev–Trinajstić information content (AvgIpc) is 3.38. The molecule has 1 aliphatic carbocycles. The van der Waals surface area contributed by atoms with Gasteiger partial charge in [-0.1, -0.05) is 32.3 Å². The van der Waals surface area contributed by atoms with Crippen molar-refractivity contribution in [2.24, 2.45) is 0 Å². The number of benzene rings is 1. The zero-order chi connectivity index (χ0) is 22.0. The van der Waals surface area contributed by atoms with Crippen LogP contribution in [0.4, 0.5) is 8.78 Å². The Morgan fingerprint density at radius 2 is 2.10 bits per heavy atom. The van der Waals surface area contributed by atoms with E-state index in [2.05, 4.69) is 15.5 Å². The minimum absolute atomic E-state index is 0.0384. The molecule has 2 amide bonds. The highest BCUT2D eigenvalue weighted by molar-refractivity contribution is 5.99. The Labute approximate surface area is 179 Å². The van der Waals surface area contributed by atoms with Crippen molar-refractivity contribution < 1.29 is 22.8 Å². The van der Waals surface area contributed by atoms with Crippen molar-refractivity contribution in [2.75, 3.05) is 0 Å². The van der Waals surface area contributed by atoms with Crippen LogP contribution in [0.1, 0.15) is 80.1 Å². The quantitative estimate of drug-likeness (QED) is 0.707. The summed E-state index contributed by atoms with van der Waals surface area (Å²) in [6, 6.07) is 5.00. The van der Waals surface area contributed by atoms with Crippen LogP contribution < -0.4 is 5.32 Å². The van der Waals surface area contributed by atoms with Crippen molar-refractivity contribution in [1.29, 1.82) is 0 Å². The molecule has 2 aromatic rings. The van der Waals surface area contributed by atoms with Crippen molar-refractivity contribution in [3.8, 4) is 11.5 Å². The maximum absolute atomic E-state index is 13.2. The zero-order valence-corrected chi connectivity index (χ0v) is 17.4. The Bertz CT molecular complexity index is 962. The summed E-state index contributed by atoms with van der Waals surface area (Å²) in [7, 11) is 0. The van der Waals surface area contributed by atoms with E-state index < -0.39 is 12.3 Å². The lowest BCUT2D eigenvalue weighted by atomic mass is 9.89. The number of alkyl halides is 2. The predicted molar refractivity (Wildman–Crippen MR) is 108 cm³/mol. The fourth-order valence-corrected chi connectivity index (χ4v) is 4.43. The number of nitrogens with zero attached hydrogens (tertiary/aromatic N) is 3. The highest BCUT2D eigenvalue weighted by Gasteiger charge is 2.38. The monoisotopic (exact) mass is 432 g/mol. The van der Waals surface area contributed by atoms with Gasteiger partial charge in [-0.05, 0) is 37.0 Å². The molecule has 4 rings (SSSR count). The second-order valence-corrected chi connectivity index (χ2v) is 8.18. The van der Waals surface area contributed by atoms with E-state index in [0.717, 1.165) is 44.1 Å². The molecule has 1 aromatic carbocycles. The first kappa shape index (κ1) is 21.4. The maximum Gasteiger partial charge on any atom is 0.314 e. The molecule has 166 valence electrons. The summed E-state index contributed by atoms with van der Waals surface area (Å²) in [4.78, 5) is 27.3. The van der Waals surface area contributed by atoms with Crippen LogP contribution in [0.5, 0.6) is 0 Å². The van der Waals surface area contributed by atoms with E-state index in [0.29, 0.717) is 24.1 Å². The van der Waals surface area contributed by atoms with E-state index >= 15 is 0 Å². The third-order valence-corrected chi connectivity index (χ3v) is 6.05. The standard InChI is InChI=1S/C22H26F2N4O3/c1-2-3-8-18(29)25-16-6-4-5-7-17(16)28-12-14-10-9-13(11-15(14)22(28)30)20-26-27-21(31-20)19(23)24/h9-11,16-17,19H,2-8,12H2,1H3,(H,25,29)/t16-,17-/m1/s1. The Hall–Kier alpha value is -2.84. The van der Waals surface area contributed by atoms with Gasteiger partial charge in [0.1, 0.15) is 0 Å². The molecule has 0 unspecified atom stereocenters. The van der Waals surface area contributed by atoms with E-state index in [9.17, 15) is 18.4 Å². The molecule has 0 spiro atoms. The van der Waals surface area contributed by atoms with E-state index in [1.54, 1.807) is 18.2 Å². The summed E-state index contributed by atoms with van der Waals surface area (Å²) >= 11 is 0. The van der Waals surface area contributed by atoms with Crippen LogP contribution in [0.25, 0.3) is 11.5 Å². The number of nitrogens with one attached hydrogen (secondary N) is 1. The number of aromatic nitrogens is 2. The Balaban J connectivity index is 1.51. The minimum Gasteiger partial charge on any atom is -0.415 e. The summed E-state index contributed by atoms with van der Waals surface area (Å²) in [5.74, 6) is -0.864. The highest BCUT2D eigenvalue weighted by atomic mass is 19.3. The van der Waals surface area contributed by atoms with Gasteiger partial charge < -0.3 is 14.6 Å². The van der Waals surface area contributed by atoms with Crippen molar-refractivity contribution in [2.45, 2.75) is 76.9 Å². The molecule has 0 bridgehead atoms. The van der Waals surface area contributed by atoms with Gasteiger partial charge in [-0.2, -0.15) is 8.78 Å². The topological polar surface area (TPSA) is 88.3 Å². The SMILES string of the molecule is CCCCC(=O)N[C@@H]1CCCC[C@H]1N1Cc2ccc(-c3nnc(C(F)F)o3)cc2C1=O. The summed E-state index contributed by atoms with van der Waals surface area (Å²) in [5, 5.41) is 10.2. The number of carbonyl (C=O) groups excluding carboxylic acids is 2. The van der Waals surface area contributed by atoms with E-state index in [1.807, 2.05) is 11.8 Å². The van der Waals surface area contributed by atoms with Crippen LogP contribution in [0.3, 0.4) is 0 Å². The normalized spacial score (nSPS) is 20.9. The lowest BCUT2D eigenvalue weighted by Gasteiger charge is -2.38. The number of hydrogen-bond acceptors (Lipinski definition) is 5. The molecule has 1 saturated carbocycles. The first-order valence-corrected chi connectivity index (χ1v) is 10.8. The first-order chi connectivity index (χ1) is 15.0. The third-order valence-electron chi connectivity index (χ3n) is 6.05. The molecule has 2 aliphatic rings. The Kier molecular flexibility index (Phi) is 6.29. The second-order valence-electron chi connectivity index (χ2n) is 8.18. The molecule has 0 radical (unpaired) electrons. The molecule has 0 saturated heterocycles. The zero-order valence-electron chi connectivity index (χ0n) is 17.4. The van der Waals surface area contributed by atoms with E-state index in [4.69, 9.17) is 4.42 Å². The number of unbranched alkanes of at least 4 members (excludes halogenated alkanes) is 1. The van der Waals surface area contributed by atoms with Crippen LogP contribution in [0, 0.1) is 0 Å². The first-order valence-electron chi connectivity index (χ1n) is 10.8. The van der Waals surface area contributed by atoms with Crippen LogP contribution in [-0.4, -0.2) is 39.0 Å². The van der Waals surface area contributed by atoms with Gasteiger partial charge in [-0.3, -0.25) is 9.59 Å². The van der Waals surface area contributed by atoms with Crippen molar-refractivity contribution in [3.63, 3.8) is 0 Å². The van der Waals surface area contributed by atoms with Gasteiger partial charge in [0.15, 0.2) is 0 Å². The Morgan fingerprint density at radius 1 is 1.29 bits per heavy atom. The molecule has 1 aromatic heterocycles. The van der Waals surface area contributed by atoms with Crippen molar-refractivity contribution in [1.82, 2.24) is 20.4 Å². The molecular weight excluding hydrogens is 406 g/mol. The average molecular weight is 432 g/mol. The van der Waals surface area contributed by atoms with Gasteiger partial charge in [-0.15, -0.1) is 10.2 Å². The van der Waals surface area contributed by atoms with Crippen LogP contribution >= 0.6 is 0 Å². The van der Waals surface area contributed by atoms with Crippen LogP contribution in [0.2, 0.25) is 0 Å². The van der Waals surface area contributed by atoms with Crippen molar-refractivity contribution in [3.05, 3.63) is 35.2 Å². The van der Waals surface area contributed by atoms with E-state index in [-0.39, 0.29) is 29.8 Å². The number of amides is 2. The maximum atomic E-state index is 13.2. The van der Waals surface area contributed by atoms with Gasteiger partial charge in [0, 0.05) is 30.1 Å². The van der Waals surface area contributed by atoms with Gasteiger partial charge in [0.25, 0.3) is 11.8 Å². The molecule has 2 atom stereocenters. The van der Waals surface area contributed by atoms with Gasteiger partial charge in [0.2, 0.25) is 11.8 Å². The summed E-state index contributed by atoms with van der Waals surface area (Å²) in [6.45, 7) is 2.51. The molecule has 7 nitrogen and oxygen atoms in total. The number of hydrogen-bond donors (Lipinski definition) is 1.